The van der Waals surface area contributed by atoms with E-state index in [0.29, 0.717) is 31.5 Å². The topological polar surface area (TPSA) is 58.6 Å². The zero-order valence-electron chi connectivity index (χ0n) is 16.1. The van der Waals surface area contributed by atoms with Crippen molar-refractivity contribution in [2.45, 2.75) is 46.3 Å². The number of ether oxygens (including phenoxy) is 1. The summed E-state index contributed by atoms with van der Waals surface area (Å²) >= 11 is 0. The standard InChI is InChI=1S/C22H26N2O3/c1-4-21(25)24-13-12-18-19(6-5-7-20(18)24)22(26)23-14-16-8-10-17(11-9-16)27-15(2)3/h5-11,15H,4,12-14H2,1-3H3,(H,23,26). The fourth-order valence-corrected chi connectivity index (χ4v) is 3.33. The van der Waals surface area contributed by atoms with Gasteiger partial charge in [0.1, 0.15) is 5.75 Å². The summed E-state index contributed by atoms with van der Waals surface area (Å²) in [6.45, 7) is 6.92. The smallest absolute Gasteiger partial charge is 0.251 e. The first kappa shape index (κ1) is 19.0. The van der Waals surface area contributed by atoms with Crippen molar-refractivity contribution in [3.63, 3.8) is 0 Å². The van der Waals surface area contributed by atoms with E-state index in [1.807, 2.05) is 63.2 Å². The van der Waals surface area contributed by atoms with Crippen molar-refractivity contribution in [1.82, 2.24) is 5.32 Å². The predicted octanol–water partition coefficient (Wildman–Crippen LogP) is 3.70. The Morgan fingerprint density at radius 2 is 1.89 bits per heavy atom. The number of fused-ring (bicyclic) bond motifs is 1. The number of benzene rings is 2. The molecule has 1 aliphatic heterocycles. The molecule has 5 heteroatoms. The van der Waals surface area contributed by atoms with Gasteiger partial charge in [-0.15, -0.1) is 0 Å². The van der Waals surface area contributed by atoms with Gasteiger partial charge in [0.15, 0.2) is 0 Å². The largest absolute Gasteiger partial charge is 0.491 e. The Labute approximate surface area is 160 Å². The number of hydrogen-bond donors (Lipinski definition) is 1. The van der Waals surface area contributed by atoms with Gasteiger partial charge < -0.3 is 15.0 Å². The summed E-state index contributed by atoms with van der Waals surface area (Å²) in [6.07, 6.45) is 1.31. The number of amides is 2. The fourth-order valence-electron chi connectivity index (χ4n) is 3.33. The predicted molar refractivity (Wildman–Crippen MR) is 106 cm³/mol. The van der Waals surface area contributed by atoms with Crippen molar-refractivity contribution in [3.05, 3.63) is 59.2 Å². The molecule has 27 heavy (non-hydrogen) atoms. The zero-order valence-corrected chi connectivity index (χ0v) is 16.1. The molecule has 1 N–H and O–H groups in total. The first-order chi connectivity index (χ1) is 13.0. The number of nitrogens with zero attached hydrogens (tertiary/aromatic N) is 1. The number of rotatable bonds is 6. The molecule has 0 spiro atoms. The van der Waals surface area contributed by atoms with Crippen LogP contribution in [0.25, 0.3) is 0 Å². The highest BCUT2D eigenvalue weighted by Gasteiger charge is 2.27. The Morgan fingerprint density at radius 1 is 1.15 bits per heavy atom. The lowest BCUT2D eigenvalue weighted by Gasteiger charge is -2.17. The summed E-state index contributed by atoms with van der Waals surface area (Å²) in [5, 5.41) is 2.98. The monoisotopic (exact) mass is 366 g/mol. The minimum Gasteiger partial charge on any atom is -0.491 e. The van der Waals surface area contributed by atoms with Crippen LogP contribution in [0, 0.1) is 0 Å². The molecule has 0 atom stereocenters. The molecule has 5 nitrogen and oxygen atoms in total. The minimum atomic E-state index is -0.111. The van der Waals surface area contributed by atoms with E-state index in [0.717, 1.165) is 22.6 Å². The normalized spacial score (nSPS) is 12.8. The van der Waals surface area contributed by atoms with Gasteiger partial charge in [0.25, 0.3) is 5.91 Å². The van der Waals surface area contributed by atoms with Crippen LogP contribution in [0.5, 0.6) is 5.75 Å². The third-order valence-electron chi connectivity index (χ3n) is 4.62. The second-order valence-electron chi connectivity index (χ2n) is 6.95. The molecule has 0 aliphatic carbocycles. The van der Waals surface area contributed by atoms with E-state index >= 15 is 0 Å². The number of carbonyl (C=O) groups excluding carboxylic acids is 2. The van der Waals surface area contributed by atoms with Crippen LogP contribution in [0.3, 0.4) is 0 Å². The lowest BCUT2D eigenvalue weighted by Crippen LogP contribution is -2.27. The van der Waals surface area contributed by atoms with E-state index in [1.54, 1.807) is 4.90 Å². The quantitative estimate of drug-likeness (QED) is 0.848. The van der Waals surface area contributed by atoms with Crippen LogP contribution >= 0.6 is 0 Å². The summed E-state index contributed by atoms with van der Waals surface area (Å²) < 4.78 is 5.63. The van der Waals surface area contributed by atoms with Crippen LogP contribution in [0.15, 0.2) is 42.5 Å². The first-order valence-electron chi connectivity index (χ1n) is 9.45. The second-order valence-corrected chi connectivity index (χ2v) is 6.95. The van der Waals surface area contributed by atoms with Crippen LogP contribution < -0.4 is 15.0 Å². The maximum atomic E-state index is 12.7. The van der Waals surface area contributed by atoms with Gasteiger partial charge in [0.2, 0.25) is 5.91 Å². The third-order valence-corrected chi connectivity index (χ3v) is 4.62. The van der Waals surface area contributed by atoms with Crippen LogP contribution in [0.1, 0.15) is 48.7 Å². The molecule has 0 saturated carbocycles. The lowest BCUT2D eigenvalue weighted by atomic mass is 10.0. The van der Waals surface area contributed by atoms with Gasteiger partial charge in [-0.05, 0) is 55.7 Å². The van der Waals surface area contributed by atoms with E-state index in [1.165, 1.54) is 0 Å². The molecule has 1 heterocycles. The van der Waals surface area contributed by atoms with Crippen molar-refractivity contribution in [3.8, 4) is 5.75 Å². The van der Waals surface area contributed by atoms with Gasteiger partial charge in [0, 0.05) is 30.8 Å². The molecule has 0 radical (unpaired) electrons. The van der Waals surface area contributed by atoms with Gasteiger partial charge >= 0.3 is 0 Å². The highest BCUT2D eigenvalue weighted by molar-refractivity contribution is 6.01. The van der Waals surface area contributed by atoms with Gasteiger partial charge in [-0.3, -0.25) is 9.59 Å². The Balaban J connectivity index is 1.67. The Bertz CT molecular complexity index is 828. The molecule has 1 aliphatic rings. The molecule has 0 fully saturated rings. The van der Waals surface area contributed by atoms with E-state index in [2.05, 4.69) is 5.32 Å². The van der Waals surface area contributed by atoms with Gasteiger partial charge in [-0.25, -0.2) is 0 Å². The molecule has 2 aromatic carbocycles. The number of nitrogens with one attached hydrogen (secondary N) is 1. The summed E-state index contributed by atoms with van der Waals surface area (Å²) in [6, 6.07) is 13.3. The Morgan fingerprint density at radius 3 is 2.56 bits per heavy atom. The second kappa shape index (κ2) is 8.25. The van der Waals surface area contributed by atoms with Gasteiger partial charge in [-0.1, -0.05) is 25.1 Å². The van der Waals surface area contributed by atoms with Crippen molar-refractivity contribution >= 4 is 17.5 Å². The maximum Gasteiger partial charge on any atom is 0.251 e. The van der Waals surface area contributed by atoms with Crippen molar-refractivity contribution in [2.75, 3.05) is 11.4 Å². The van der Waals surface area contributed by atoms with Gasteiger partial charge in [0.05, 0.1) is 6.10 Å². The molecule has 0 saturated heterocycles. The highest BCUT2D eigenvalue weighted by atomic mass is 16.5. The molecular weight excluding hydrogens is 340 g/mol. The SMILES string of the molecule is CCC(=O)N1CCc2c(C(=O)NCc3ccc(OC(C)C)cc3)cccc21. The summed E-state index contributed by atoms with van der Waals surface area (Å²) in [5.74, 6) is 0.803. The molecule has 2 amide bonds. The summed E-state index contributed by atoms with van der Waals surface area (Å²) in [4.78, 5) is 26.6. The molecule has 0 aromatic heterocycles. The molecular formula is C22H26N2O3. The van der Waals surface area contributed by atoms with Crippen molar-refractivity contribution in [1.29, 1.82) is 0 Å². The van der Waals surface area contributed by atoms with E-state index < -0.39 is 0 Å². The Kier molecular flexibility index (Phi) is 5.79. The van der Waals surface area contributed by atoms with E-state index in [9.17, 15) is 9.59 Å². The number of anilines is 1. The summed E-state index contributed by atoms with van der Waals surface area (Å²) in [5.41, 5.74) is 3.48. The maximum absolute atomic E-state index is 12.7. The molecule has 3 rings (SSSR count). The van der Waals surface area contributed by atoms with Gasteiger partial charge in [-0.2, -0.15) is 0 Å². The van der Waals surface area contributed by atoms with Crippen molar-refractivity contribution in [2.24, 2.45) is 0 Å². The molecule has 2 aromatic rings. The van der Waals surface area contributed by atoms with E-state index in [-0.39, 0.29) is 17.9 Å². The van der Waals surface area contributed by atoms with Crippen LogP contribution in [-0.4, -0.2) is 24.5 Å². The lowest BCUT2D eigenvalue weighted by molar-refractivity contribution is -0.118. The molecule has 0 bridgehead atoms. The van der Waals surface area contributed by atoms with Crippen LogP contribution in [0.4, 0.5) is 5.69 Å². The van der Waals surface area contributed by atoms with Crippen molar-refractivity contribution < 1.29 is 14.3 Å². The average molecular weight is 366 g/mol. The molecule has 0 unspecified atom stereocenters. The number of carbonyl (C=O) groups is 2. The molecule has 142 valence electrons. The third kappa shape index (κ3) is 4.30. The fraction of sp³-hybridized carbons (Fsp3) is 0.364. The average Bonchev–Trinajstić information content (AvgIpc) is 3.10. The van der Waals surface area contributed by atoms with E-state index in [4.69, 9.17) is 4.74 Å². The summed E-state index contributed by atoms with van der Waals surface area (Å²) in [7, 11) is 0. The van der Waals surface area contributed by atoms with Crippen LogP contribution in [-0.2, 0) is 17.8 Å². The minimum absolute atomic E-state index is 0.0926. The zero-order chi connectivity index (χ0) is 19.4. The number of hydrogen-bond acceptors (Lipinski definition) is 3. The Hall–Kier alpha value is -2.82. The first-order valence-corrected chi connectivity index (χ1v) is 9.45. The van der Waals surface area contributed by atoms with Crippen LogP contribution in [0.2, 0.25) is 0 Å². The highest BCUT2D eigenvalue weighted by Crippen LogP contribution is 2.31.